The molecule has 1 aromatic rings. The highest BCUT2D eigenvalue weighted by molar-refractivity contribution is 5.95. The fourth-order valence-corrected chi connectivity index (χ4v) is 2.33. The Morgan fingerprint density at radius 1 is 1.58 bits per heavy atom. The largest absolute Gasteiger partial charge is 0.478 e. The molecule has 1 saturated heterocycles. The smallest absolute Gasteiger partial charge is 0.337 e. The van der Waals surface area contributed by atoms with E-state index in [9.17, 15) is 4.79 Å². The highest BCUT2D eigenvalue weighted by Gasteiger charge is 2.15. The lowest BCUT2D eigenvalue weighted by Gasteiger charge is -2.13. The summed E-state index contributed by atoms with van der Waals surface area (Å²) < 4.78 is 5.54. The Balaban J connectivity index is 1.97. The number of aryl methyl sites for hydroxylation is 1. The van der Waals surface area contributed by atoms with Gasteiger partial charge in [-0.2, -0.15) is 0 Å². The van der Waals surface area contributed by atoms with Gasteiger partial charge in [-0.05, 0) is 43.9 Å². The number of hydrogen-bond donors (Lipinski definition) is 3. The summed E-state index contributed by atoms with van der Waals surface area (Å²) in [6, 6.07) is 3.46. The van der Waals surface area contributed by atoms with E-state index in [0.717, 1.165) is 43.7 Å². The number of carboxylic acids is 1. The van der Waals surface area contributed by atoms with E-state index in [4.69, 9.17) is 15.6 Å². The zero-order chi connectivity index (χ0) is 13.8. The van der Waals surface area contributed by atoms with Crippen LogP contribution in [0.3, 0.4) is 0 Å². The van der Waals surface area contributed by atoms with Gasteiger partial charge in [0.2, 0.25) is 0 Å². The molecule has 0 aliphatic carbocycles. The van der Waals surface area contributed by atoms with Crippen molar-refractivity contribution in [1.82, 2.24) is 0 Å². The van der Waals surface area contributed by atoms with Crippen molar-refractivity contribution >= 4 is 17.3 Å². The first-order chi connectivity index (χ1) is 9.08. The quantitative estimate of drug-likeness (QED) is 0.710. The molecule has 5 heteroatoms. The van der Waals surface area contributed by atoms with Crippen LogP contribution < -0.4 is 11.1 Å². The van der Waals surface area contributed by atoms with E-state index in [1.54, 1.807) is 6.07 Å². The third-order valence-electron chi connectivity index (χ3n) is 3.44. The van der Waals surface area contributed by atoms with E-state index in [0.29, 0.717) is 11.8 Å². The number of nitrogen functional groups attached to an aromatic ring is 1. The minimum Gasteiger partial charge on any atom is -0.478 e. The number of anilines is 2. The summed E-state index contributed by atoms with van der Waals surface area (Å²) in [5.74, 6) is -0.997. The van der Waals surface area contributed by atoms with Gasteiger partial charge in [-0.25, -0.2) is 4.79 Å². The Bertz CT molecular complexity index is 468. The predicted octanol–water partition coefficient (Wildman–Crippen LogP) is 2.26. The van der Waals surface area contributed by atoms with Crippen LogP contribution in [0.1, 0.15) is 35.2 Å². The molecule has 0 bridgehead atoms. The monoisotopic (exact) mass is 264 g/mol. The van der Waals surface area contributed by atoms with E-state index in [2.05, 4.69) is 5.32 Å². The Morgan fingerprint density at radius 2 is 2.37 bits per heavy atom. The number of rotatable bonds is 5. The molecule has 104 valence electrons. The number of benzene rings is 1. The maximum atomic E-state index is 11.1. The predicted molar refractivity (Wildman–Crippen MR) is 74.6 cm³/mol. The lowest BCUT2D eigenvalue weighted by molar-refractivity contribution is 0.0698. The van der Waals surface area contributed by atoms with Crippen LogP contribution >= 0.6 is 0 Å². The molecule has 1 atom stereocenters. The molecule has 5 nitrogen and oxygen atoms in total. The van der Waals surface area contributed by atoms with Crippen molar-refractivity contribution in [2.75, 3.05) is 24.2 Å². The van der Waals surface area contributed by atoms with Gasteiger partial charge in [0.1, 0.15) is 0 Å². The summed E-state index contributed by atoms with van der Waals surface area (Å²) in [5, 5.41) is 12.3. The van der Waals surface area contributed by atoms with Crippen LogP contribution in [0.5, 0.6) is 0 Å². The highest BCUT2D eigenvalue weighted by atomic mass is 16.5. The Hall–Kier alpha value is -1.75. The van der Waals surface area contributed by atoms with Gasteiger partial charge < -0.3 is 20.9 Å². The zero-order valence-corrected chi connectivity index (χ0v) is 11.1. The average molecular weight is 264 g/mol. The summed E-state index contributed by atoms with van der Waals surface area (Å²) in [5.41, 5.74) is 7.81. The first-order valence-electron chi connectivity index (χ1n) is 6.57. The van der Waals surface area contributed by atoms with Gasteiger partial charge in [-0.15, -0.1) is 0 Å². The minimum absolute atomic E-state index is 0.152. The molecule has 1 aromatic carbocycles. The van der Waals surface area contributed by atoms with Crippen LogP contribution in [0.15, 0.2) is 12.1 Å². The Labute approximate surface area is 112 Å². The summed E-state index contributed by atoms with van der Waals surface area (Å²) in [4.78, 5) is 11.1. The van der Waals surface area contributed by atoms with Gasteiger partial charge in [0.25, 0.3) is 0 Å². The van der Waals surface area contributed by atoms with Crippen molar-refractivity contribution < 1.29 is 14.6 Å². The second-order valence-corrected chi connectivity index (χ2v) is 4.91. The number of nitrogens with one attached hydrogen (secondary N) is 1. The Morgan fingerprint density at radius 3 is 3.00 bits per heavy atom. The van der Waals surface area contributed by atoms with Crippen molar-refractivity contribution in [3.63, 3.8) is 0 Å². The van der Waals surface area contributed by atoms with Crippen molar-refractivity contribution in [3.8, 4) is 0 Å². The maximum Gasteiger partial charge on any atom is 0.337 e. The molecule has 1 aliphatic heterocycles. The first kappa shape index (κ1) is 13.7. The Kier molecular flexibility index (Phi) is 4.27. The summed E-state index contributed by atoms with van der Waals surface area (Å²) in [6.45, 7) is 3.44. The van der Waals surface area contributed by atoms with E-state index < -0.39 is 5.97 Å². The third kappa shape index (κ3) is 3.38. The van der Waals surface area contributed by atoms with Crippen LogP contribution in [-0.2, 0) is 4.74 Å². The standard InChI is InChI=1S/C14H20N2O3/c1-9-7-10(8-12(13(9)15)14(17)18)16-5-4-11-3-2-6-19-11/h7-8,11,16H,2-6,15H2,1H3,(H,17,18). The molecule has 1 unspecified atom stereocenters. The second kappa shape index (κ2) is 5.93. The number of carboxylic acid groups (broad SMARTS) is 1. The molecular weight excluding hydrogens is 244 g/mol. The molecule has 19 heavy (non-hydrogen) atoms. The lowest BCUT2D eigenvalue weighted by Crippen LogP contribution is -2.13. The zero-order valence-electron chi connectivity index (χ0n) is 11.1. The molecule has 1 fully saturated rings. The molecular formula is C14H20N2O3. The summed E-state index contributed by atoms with van der Waals surface area (Å²) in [6.07, 6.45) is 3.52. The number of nitrogens with two attached hydrogens (primary N) is 1. The summed E-state index contributed by atoms with van der Waals surface area (Å²) >= 11 is 0. The van der Waals surface area contributed by atoms with Crippen LogP contribution in [-0.4, -0.2) is 30.3 Å². The molecule has 1 aliphatic rings. The van der Waals surface area contributed by atoms with Gasteiger partial charge in [-0.3, -0.25) is 0 Å². The molecule has 2 rings (SSSR count). The van der Waals surface area contributed by atoms with E-state index >= 15 is 0 Å². The van der Waals surface area contributed by atoms with Crippen molar-refractivity contribution in [3.05, 3.63) is 23.3 Å². The molecule has 1 heterocycles. The van der Waals surface area contributed by atoms with Gasteiger partial charge in [0, 0.05) is 24.5 Å². The number of ether oxygens (including phenoxy) is 1. The highest BCUT2D eigenvalue weighted by Crippen LogP contribution is 2.23. The van der Waals surface area contributed by atoms with Crippen LogP contribution in [0, 0.1) is 6.92 Å². The SMILES string of the molecule is Cc1cc(NCCC2CCCO2)cc(C(=O)O)c1N. The van der Waals surface area contributed by atoms with Crippen LogP contribution in [0.4, 0.5) is 11.4 Å². The van der Waals surface area contributed by atoms with Gasteiger partial charge in [-0.1, -0.05) is 0 Å². The van der Waals surface area contributed by atoms with Crippen molar-refractivity contribution in [2.45, 2.75) is 32.3 Å². The number of hydrogen-bond acceptors (Lipinski definition) is 4. The van der Waals surface area contributed by atoms with E-state index in [1.165, 1.54) is 0 Å². The number of carbonyl (C=O) groups is 1. The number of aromatic carboxylic acids is 1. The molecule has 0 saturated carbocycles. The summed E-state index contributed by atoms with van der Waals surface area (Å²) in [7, 11) is 0. The van der Waals surface area contributed by atoms with Gasteiger partial charge in [0.05, 0.1) is 11.7 Å². The average Bonchev–Trinajstić information content (AvgIpc) is 2.86. The normalized spacial score (nSPS) is 18.5. The molecule has 0 amide bonds. The topological polar surface area (TPSA) is 84.6 Å². The van der Waals surface area contributed by atoms with E-state index in [1.807, 2.05) is 13.0 Å². The molecule has 4 N–H and O–H groups in total. The fraction of sp³-hybridized carbons (Fsp3) is 0.500. The fourth-order valence-electron chi connectivity index (χ4n) is 2.33. The van der Waals surface area contributed by atoms with E-state index in [-0.39, 0.29) is 5.56 Å². The van der Waals surface area contributed by atoms with Crippen molar-refractivity contribution in [1.29, 1.82) is 0 Å². The molecule has 0 radical (unpaired) electrons. The maximum absolute atomic E-state index is 11.1. The van der Waals surface area contributed by atoms with Crippen LogP contribution in [0.25, 0.3) is 0 Å². The van der Waals surface area contributed by atoms with Gasteiger partial charge >= 0.3 is 5.97 Å². The first-order valence-corrected chi connectivity index (χ1v) is 6.57. The minimum atomic E-state index is -0.997. The molecule has 0 aromatic heterocycles. The lowest BCUT2D eigenvalue weighted by atomic mass is 10.1. The van der Waals surface area contributed by atoms with Gasteiger partial charge in [0.15, 0.2) is 0 Å². The van der Waals surface area contributed by atoms with Crippen LogP contribution in [0.2, 0.25) is 0 Å². The molecule has 0 spiro atoms. The second-order valence-electron chi connectivity index (χ2n) is 4.91. The third-order valence-corrected chi connectivity index (χ3v) is 3.44. The van der Waals surface area contributed by atoms with Crippen molar-refractivity contribution in [2.24, 2.45) is 0 Å².